The fraction of sp³-hybridized carbons (Fsp3) is 0.417. The Morgan fingerprint density at radius 2 is 2.20 bits per heavy atom. The van der Waals surface area contributed by atoms with E-state index in [1.807, 2.05) is 0 Å². The van der Waals surface area contributed by atoms with Crippen LogP contribution in [0.25, 0.3) is 0 Å². The fourth-order valence-electron chi connectivity index (χ4n) is 1.99. The molecule has 0 unspecified atom stereocenters. The van der Waals surface area contributed by atoms with Crippen molar-refractivity contribution in [2.75, 3.05) is 25.4 Å². The summed E-state index contributed by atoms with van der Waals surface area (Å²) in [6.45, 7) is 1.000. The number of carbonyl (C=O) groups excluding carboxylic acids is 1. The number of nitrogens with zero attached hydrogens (tertiary/aromatic N) is 1. The first-order valence-corrected chi connectivity index (χ1v) is 8.13. The van der Waals surface area contributed by atoms with Crippen LogP contribution in [-0.4, -0.2) is 49.1 Å². The third-order valence-corrected chi connectivity index (χ3v) is 5.32. The van der Waals surface area contributed by atoms with Crippen LogP contribution in [0.5, 0.6) is 5.75 Å². The number of nitrogens with one attached hydrogen (secondary N) is 1. The van der Waals surface area contributed by atoms with Crippen LogP contribution >= 0.6 is 11.6 Å². The number of aromatic hydroxyl groups is 1. The Morgan fingerprint density at radius 3 is 2.80 bits per heavy atom. The molecule has 1 aromatic rings. The Balaban J connectivity index is 1.88. The highest BCUT2D eigenvalue weighted by molar-refractivity contribution is 7.89. The van der Waals surface area contributed by atoms with E-state index in [9.17, 15) is 18.3 Å². The maximum absolute atomic E-state index is 11.8. The molecule has 6 nitrogen and oxygen atoms in total. The Bertz CT molecular complexity index is 618. The predicted octanol–water partition coefficient (Wildman–Crippen LogP) is 0.811. The largest absolute Gasteiger partial charge is 0.506 e. The molecule has 0 radical (unpaired) electrons. The Labute approximate surface area is 122 Å². The Morgan fingerprint density at radius 1 is 1.45 bits per heavy atom. The van der Waals surface area contributed by atoms with Crippen molar-refractivity contribution in [2.24, 2.45) is 0 Å². The van der Waals surface area contributed by atoms with Gasteiger partial charge in [0.05, 0.1) is 10.8 Å². The first kappa shape index (κ1) is 15.1. The molecule has 20 heavy (non-hydrogen) atoms. The number of rotatable bonds is 4. The molecule has 2 rings (SSSR count). The Hall–Kier alpha value is -1.31. The predicted molar refractivity (Wildman–Crippen MR) is 75.4 cm³/mol. The highest BCUT2D eigenvalue weighted by Crippen LogP contribution is 2.23. The number of hydrogen-bond acceptors (Lipinski definition) is 4. The molecule has 0 aromatic heterocycles. The van der Waals surface area contributed by atoms with E-state index in [1.54, 1.807) is 0 Å². The molecule has 8 heteroatoms. The number of phenolic OH excluding ortho intramolecular Hbond substituents is 1. The summed E-state index contributed by atoms with van der Waals surface area (Å²) in [7, 11) is -3.13. The number of sulfonamides is 1. The maximum atomic E-state index is 11.8. The van der Waals surface area contributed by atoms with Crippen molar-refractivity contribution < 1.29 is 18.3 Å². The smallest absolute Gasteiger partial charge is 0.251 e. The second-order valence-corrected chi connectivity index (χ2v) is 6.99. The van der Waals surface area contributed by atoms with Gasteiger partial charge in [0, 0.05) is 25.2 Å². The van der Waals surface area contributed by atoms with E-state index in [4.69, 9.17) is 11.6 Å². The molecule has 1 aromatic carbocycles. The van der Waals surface area contributed by atoms with Gasteiger partial charge in [-0.05, 0) is 24.6 Å². The number of phenols is 1. The van der Waals surface area contributed by atoms with Gasteiger partial charge in [-0.15, -0.1) is 0 Å². The van der Waals surface area contributed by atoms with Crippen molar-refractivity contribution in [3.63, 3.8) is 0 Å². The second-order valence-electron chi connectivity index (χ2n) is 4.49. The van der Waals surface area contributed by atoms with Gasteiger partial charge in [-0.3, -0.25) is 4.79 Å². The quantitative estimate of drug-likeness (QED) is 0.860. The van der Waals surface area contributed by atoms with Gasteiger partial charge in [-0.25, -0.2) is 12.7 Å². The van der Waals surface area contributed by atoms with Gasteiger partial charge in [0.25, 0.3) is 5.91 Å². The summed E-state index contributed by atoms with van der Waals surface area (Å²) in [5.74, 6) is -0.274. The number of hydrogen-bond donors (Lipinski definition) is 2. The number of amides is 1. The van der Waals surface area contributed by atoms with Gasteiger partial charge < -0.3 is 10.4 Å². The van der Waals surface area contributed by atoms with Crippen LogP contribution in [0.4, 0.5) is 0 Å². The SMILES string of the molecule is O=C(NCCN1CCCS1(=O)=O)c1ccc(O)c(Cl)c1. The standard InChI is InChI=1S/C12H15ClN2O4S/c13-10-8-9(2-3-11(10)16)12(17)14-4-6-15-5-1-7-20(15,18)19/h2-3,8,16H,1,4-7H2,(H,14,17). The van der Waals surface area contributed by atoms with E-state index in [-0.39, 0.29) is 35.5 Å². The molecule has 110 valence electrons. The van der Waals surface area contributed by atoms with Crippen LogP contribution in [-0.2, 0) is 10.0 Å². The molecule has 1 heterocycles. The zero-order chi connectivity index (χ0) is 14.8. The van der Waals surface area contributed by atoms with E-state index in [1.165, 1.54) is 22.5 Å². The van der Waals surface area contributed by atoms with E-state index in [0.29, 0.717) is 18.5 Å². The van der Waals surface area contributed by atoms with Gasteiger partial charge in [0.2, 0.25) is 10.0 Å². The minimum atomic E-state index is -3.13. The van der Waals surface area contributed by atoms with Crippen molar-refractivity contribution in [3.8, 4) is 5.75 Å². The molecule has 0 atom stereocenters. The van der Waals surface area contributed by atoms with Crippen molar-refractivity contribution in [3.05, 3.63) is 28.8 Å². The maximum Gasteiger partial charge on any atom is 0.251 e. The molecule has 0 spiro atoms. The third kappa shape index (κ3) is 3.41. The zero-order valence-corrected chi connectivity index (χ0v) is 12.2. The van der Waals surface area contributed by atoms with Gasteiger partial charge in [-0.1, -0.05) is 11.6 Å². The van der Waals surface area contributed by atoms with E-state index < -0.39 is 10.0 Å². The molecule has 2 N–H and O–H groups in total. The first-order valence-electron chi connectivity index (χ1n) is 6.15. The molecule has 0 saturated carbocycles. The second kappa shape index (κ2) is 5.99. The zero-order valence-electron chi connectivity index (χ0n) is 10.7. The molecular formula is C12H15ClN2O4S. The molecule has 0 aliphatic carbocycles. The summed E-state index contributed by atoms with van der Waals surface area (Å²) in [5.41, 5.74) is 0.317. The third-order valence-electron chi connectivity index (χ3n) is 3.06. The van der Waals surface area contributed by atoms with Crippen molar-refractivity contribution in [2.45, 2.75) is 6.42 Å². The number of benzene rings is 1. The topological polar surface area (TPSA) is 86.7 Å². The summed E-state index contributed by atoms with van der Waals surface area (Å²) in [4.78, 5) is 11.8. The molecular weight excluding hydrogens is 304 g/mol. The minimum Gasteiger partial charge on any atom is -0.506 e. The summed E-state index contributed by atoms with van der Waals surface area (Å²) in [5, 5.41) is 12.0. The average molecular weight is 319 g/mol. The van der Waals surface area contributed by atoms with Crippen LogP contribution in [0.1, 0.15) is 16.8 Å². The molecule has 1 fully saturated rings. The molecule has 0 bridgehead atoms. The lowest BCUT2D eigenvalue weighted by Gasteiger charge is -2.14. The summed E-state index contributed by atoms with van der Waals surface area (Å²) in [6, 6.07) is 4.14. The fourth-order valence-corrected chi connectivity index (χ4v) is 3.70. The van der Waals surface area contributed by atoms with Crippen LogP contribution in [0.15, 0.2) is 18.2 Å². The minimum absolute atomic E-state index is 0.0913. The number of carbonyl (C=O) groups is 1. The highest BCUT2D eigenvalue weighted by Gasteiger charge is 2.27. The van der Waals surface area contributed by atoms with Crippen LogP contribution < -0.4 is 5.32 Å². The number of halogens is 1. The average Bonchev–Trinajstić information content (AvgIpc) is 2.72. The molecule has 1 saturated heterocycles. The summed E-state index contributed by atoms with van der Waals surface area (Å²) >= 11 is 5.72. The normalized spacial score (nSPS) is 18.1. The van der Waals surface area contributed by atoms with E-state index >= 15 is 0 Å². The van der Waals surface area contributed by atoms with Gasteiger partial charge in [0.1, 0.15) is 5.75 Å². The monoisotopic (exact) mass is 318 g/mol. The van der Waals surface area contributed by atoms with Crippen molar-refractivity contribution >= 4 is 27.5 Å². The van der Waals surface area contributed by atoms with Crippen molar-refractivity contribution in [1.29, 1.82) is 0 Å². The molecule has 1 amide bonds. The van der Waals surface area contributed by atoms with Crippen molar-refractivity contribution in [1.82, 2.24) is 9.62 Å². The lowest BCUT2D eigenvalue weighted by Crippen LogP contribution is -2.35. The first-order chi connectivity index (χ1) is 9.40. The van der Waals surface area contributed by atoms with E-state index in [2.05, 4.69) is 5.32 Å². The van der Waals surface area contributed by atoms with Gasteiger partial charge in [-0.2, -0.15) is 0 Å². The highest BCUT2D eigenvalue weighted by atomic mass is 35.5. The van der Waals surface area contributed by atoms with E-state index in [0.717, 1.165) is 0 Å². The summed E-state index contributed by atoms with van der Waals surface area (Å²) in [6.07, 6.45) is 0.629. The van der Waals surface area contributed by atoms with Gasteiger partial charge >= 0.3 is 0 Å². The lowest BCUT2D eigenvalue weighted by atomic mass is 10.2. The molecule has 1 aliphatic heterocycles. The Kier molecular flexibility index (Phi) is 4.52. The summed E-state index contributed by atoms with van der Waals surface area (Å²) < 4.78 is 24.5. The lowest BCUT2D eigenvalue weighted by molar-refractivity contribution is 0.0952. The van der Waals surface area contributed by atoms with Crippen LogP contribution in [0.3, 0.4) is 0 Å². The molecule has 1 aliphatic rings. The van der Waals surface area contributed by atoms with Crippen LogP contribution in [0.2, 0.25) is 5.02 Å². The van der Waals surface area contributed by atoms with Crippen LogP contribution in [0, 0.1) is 0 Å². The van der Waals surface area contributed by atoms with Gasteiger partial charge in [0.15, 0.2) is 0 Å².